The molecular weight excluding hydrogens is 289 g/mol. The van der Waals surface area contributed by atoms with Crippen LogP contribution in [0.15, 0.2) is 72.9 Å². The summed E-state index contributed by atoms with van der Waals surface area (Å²) in [5.74, 6) is 0.535. The van der Waals surface area contributed by atoms with Crippen molar-refractivity contribution in [3.8, 4) is 11.5 Å². The first-order chi connectivity index (χ1) is 11.3. The number of imidazole rings is 1. The highest BCUT2D eigenvalue weighted by atomic mass is 19.1. The Hall–Kier alpha value is -3.01. The van der Waals surface area contributed by atoms with Crippen LogP contribution in [-0.2, 0) is 6.54 Å². The van der Waals surface area contributed by atoms with Gasteiger partial charge in [-0.05, 0) is 30.3 Å². The Kier molecular flexibility index (Phi) is 3.35. The second-order valence-corrected chi connectivity index (χ2v) is 5.32. The third-order valence-electron chi connectivity index (χ3n) is 3.83. The van der Waals surface area contributed by atoms with Gasteiger partial charge in [0.15, 0.2) is 5.82 Å². The largest absolute Gasteiger partial charge is 0.318 e. The van der Waals surface area contributed by atoms with Gasteiger partial charge < -0.3 is 4.57 Å². The van der Waals surface area contributed by atoms with E-state index in [0.717, 1.165) is 22.6 Å². The summed E-state index contributed by atoms with van der Waals surface area (Å²) in [6.45, 7) is 0.416. The van der Waals surface area contributed by atoms with Crippen molar-refractivity contribution in [3.05, 3.63) is 84.3 Å². The first-order valence-electron chi connectivity index (χ1n) is 7.43. The summed E-state index contributed by atoms with van der Waals surface area (Å²) in [5, 5.41) is 0. The van der Waals surface area contributed by atoms with E-state index in [0.29, 0.717) is 12.1 Å². The molecular formula is C19H14FN3. The van der Waals surface area contributed by atoms with E-state index in [4.69, 9.17) is 0 Å². The maximum atomic E-state index is 14.1. The molecule has 2 aromatic carbocycles. The summed E-state index contributed by atoms with van der Waals surface area (Å²) in [4.78, 5) is 9.08. The number of benzene rings is 2. The third-order valence-corrected chi connectivity index (χ3v) is 3.83. The number of rotatable bonds is 3. The van der Waals surface area contributed by atoms with Gasteiger partial charge in [0, 0.05) is 11.8 Å². The molecule has 0 aliphatic carbocycles. The summed E-state index contributed by atoms with van der Waals surface area (Å²) in [6.07, 6.45) is 1.74. The summed E-state index contributed by atoms with van der Waals surface area (Å²) >= 11 is 0. The smallest absolute Gasteiger partial charge is 0.160 e. The maximum Gasteiger partial charge on any atom is 0.160 e. The van der Waals surface area contributed by atoms with Crippen molar-refractivity contribution < 1.29 is 4.39 Å². The molecule has 0 amide bonds. The van der Waals surface area contributed by atoms with Gasteiger partial charge in [0.1, 0.15) is 11.5 Å². The number of aromatic nitrogens is 3. The van der Waals surface area contributed by atoms with Crippen LogP contribution in [0.5, 0.6) is 0 Å². The molecule has 112 valence electrons. The van der Waals surface area contributed by atoms with E-state index in [-0.39, 0.29) is 5.82 Å². The SMILES string of the molecule is Fc1ccccc1Cn1c(-c2ccccn2)nc2ccccc21. The van der Waals surface area contributed by atoms with Gasteiger partial charge in [-0.25, -0.2) is 9.37 Å². The summed E-state index contributed by atoms with van der Waals surface area (Å²) in [7, 11) is 0. The van der Waals surface area contributed by atoms with Crippen molar-refractivity contribution in [1.29, 1.82) is 0 Å². The molecule has 0 radical (unpaired) electrons. The van der Waals surface area contributed by atoms with Crippen LogP contribution < -0.4 is 0 Å². The van der Waals surface area contributed by atoms with E-state index in [2.05, 4.69) is 9.97 Å². The Labute approximate surface area is 133 Å². The molecule has 0 unspecified atom stereocenters. The molecule has 0 saturated heterocycles. The molecule has 0 aliphatic heterocycles. The number of hydrogen-bond donors (Lipinski definition) is 0. The summed E-state index contributed by atoms with van der Waals surface area (Å²) in [6, 6.07) is 20.4. The lowest BCUT2D eigenvalue weighted by atomic mass is 10.2. The quantitative estimate of drug-likeness (QED) is 0.565. The van der Waals surface area contributed by atoms with E-state index in [1.54, 1.807) is 18.3 Å². The highest BCUT2D eigenvalue weighted by Crippen LogP contribution is 2.25. The molecule has 23 heavy (non-hydrogen) atoms. The van der Waals surface area contributed by atoms with Gasteiger partial charge in [-0.1, -0.05) is 36.4 Å². The summed E-state index contributed by atoms with van der Waals surface area (Å²) < 4.78 is 16.1. The Balaban J connectivity index is 1.92. The van der Waals surface area contributed by atoms with Crippen molar-refractivity contribution in [2.24, 2.45) is 0 Å². The van der Waals surface area contributed by atoms with Crippen LogP contribution >= 0.6 is 0 Å². The van der Waals surface area contributed by atoms with Crippen molar-refractivity contribution in [1.82, 2.24) is 14.5 Å². The van der Waals surface area contributed by atoms with Gasteiger partial charge in [0.05, 0.1) is 17.6 Å². The topological polar surface area (TPSA) is 30.7 Å². The maximum absolute atomic E-state index is 14.1. The van der Waals surface area contributed by atoms with Crippen molar-refractivity contribution in [2.45, 2.75) is 6.54 Å². The number of pyridine rings is 1. The van der Waals surface area contributed by atoms with Gasteiger partial charge in [0.25, 0.3) is 0 Å². The molecule has 0 bridgehead atoms. The molecule has 0 spiro atoms. The summed E-state index contributed by atoms with van der Waals surface area (Å²) in [5.41, 5.74) is 3.26. The first-order valence-corrected chi connectivity index (χ1v) is 7.43. The molecule has 0 fully saturated rings. The molecule has 0 atom stereocenters. The minimum atomic E-state index is -0.211. The van der Waals surface area contributed by atoms with E-state index in [1.807, 2.05) is 53.1 Å². The lowest BCUT2D eigenvalue weighted by molar-refractivity contribution is 0.602. The van der Waals surface area contributed by atoms with E-state index < -0.39 is 0 Å². The number of hydrogen-bond acceptors (Lipinski definition) is 2. The molecule has 0 aliphatic rings. The Bertz CT molecular complexity index is 961. The Morgan fingerprint density at radius 1 is 0.870 bits per heavy atom. The third kappa shape index (κ3) is 2.48. The lowest BCUT2D eigenvalue weighted by Gasteiger charge is -2.10. The average molecular weight is 303 g/mol. The van der Waals surface area contributed by atoms with Crippen molar-refractivity contribution in [2.75, 3.05) is 0 Å². The zero-order valence-corrected chi connectivity index (χ0v) is 12.4. The second kappa shape index (κ2) is 5.65. The zero-order valence-electron chi connectivity index (χ0n) is 12.4. The van der Waals surface area contributed by atoms with Crippen LogP contribution in [0, 0.1) is 5.82 Å². The van der Waals surface area contributed by atoms with Crippen LogP contribution in [-0.4, -0.2) is 14.5 Å². The fourth-order valence-electron chi connectivity index (χ4n) is 2.72. The molecule has 3 nitrogen and oxygen atoms in total. The number of nitrogens with zero attached hydrogens (tertiary/aromatic N) is 3. The lowest BCUT2D eigenvalue weighted by Crippen LogP contribution is -2.04. The van der Waals surface area contributed by atoms with Gasteiger partial charge >= 0.3 is 0 Å². The minimum absolute atomic E-state index is 0.211. The van der Waals surface area contributed by atoms with Crippen LogP contribution in [0.1, 0.15) is 5.56 Å². The fourth-order valence-corrected chi connectivity index (χ4v) is 2.72. The minimum Gasteiger partial charge on any atom is -0.318 e. The van der Waals surface area contributed by atoms with Crippen LogP contribution in [0.4, 0.5) is 4.39 Å². The van der Waals surface area contributed by atoms with E-state index in [1.165, 1.54) is 6.07 Å². The van der Waals surface area contributed by atoms with Crippen molar-refractivity contribution in [3.63, 3.8) is 0 Å². The normalized spacial score (nSPS) is 11.0. The van der Waals surface area contributed by atoms with Crippen LogP contribution in [0.2, 0.25) is 0 Å². The van der Waals surface area contributed by atoms with Gasteiger partial charge in [0.2, 0.25) is 0 Å². The van der Waals surface area contributed by atoms with Gasteiger partial charge in [-0.3, -0.25) is 4.98 Å². The molecule has 4 aromatic rings. The Morgan fingerprint density at radius 2 is 1.65 bits per heavy atom. The number of fused-ring (bicyclic) bond motifs is 1. The van der Waals surface area contributed by atoms with Crippen LogP contribution in [0.25, 0.3) is 22.6 Å². The number of para-hydroxylation sites is 2. The fraction of sp³-hybridized carbons (Fsp3) is 0.0526. The second-order valence-electron chi connectivity index (χ2n) is 5.32. The predicted molar refractivity (Wildman–Crippen MR) is 88.5 cm³/mol. The molecule has 2 heterocycles. The predicted octanol–water partition coefficient (Wildman–Crippen LogP) is 4.29. The molecule has 0 N–H and O–H groups in total. The molecule has 4 rings (SSSR count). The van der Waals surface area contributed by atoms with E-state index >= 15 is 0 Å². The highest BCUT2D eigenvalue weighted by molar-refractivity contribution is 5.80. The van der Waals surface area contributed by atoms with Crippen LogP contribution in [0.3, 0.4) is 0 Å². The first kappa shape index (κ1) is 13.6. The molecule has 4 heteroatoms. The molecule has 0 saturated carbocycles. The Morgan fingerprint density at radius 3 is 2.48 bits per heavy atom. The van der Waals surface area contributed by atoms with E-state index in [9.17, 15) is 4.39 Å². The van der Waals surface area contributed by atoms with Crippen molar-refractivity contribution >= 4 is 11.0 Å². The number of halogens is 1. The standard InChI is InChI=1S/C19H14FN3/c20-15-8-2-1-7-14(15)13-23-18-11-4-3-9-16(18)22-19(23)17-10-5-6-12-21-17/h1-12H,13H2. The highest BCUT2D eigenvalue weighted by Gasteiger charge is 2.14. The van der Waals surface area contributed by atoms with Gasteiger partial charge in [-0.15, -0.1) is 0 Å². The molecule has 2 aromatic heterocycles. The van der Waals surface area contributed by atoms with Gasteiger partial charge in [-0.2, -0.15) is 0 Å². The monoisotopic (exact) mass is 303 g/mol. The average Bonchev–Trinajstić information content (AvgIpc) is 2.96. The zero-order chi connectivity index (χ0) is 15.6.